The summed E-state index contributed by atoms with van der Waals surface area (Å²) in [5.74, 6) is -0.513. The molecule has 1 heterocycles. The molecule has 1 rings (SSSR count). The molecule has 4 nitrogen and oxygen atoms in total. The predicted molar refractivity (Wildman–Crippen MR) is 56.1 cm³/mol. The maximum atomic E-state index is 11.7. The average Bonchev–Trinajstić information content (AvgIpc) is 2.15. The molecule has 1 N–H and O–H groups in total. The maximum Gasteiger partial charge on any atom is 0.230 e. The smallest absolute Gasteiger partial charge is 0.230 e. The van der Waals surface area contributed by atoms with Crippen molar-refractivity contribution in [2.75, 3.05) is 7.11 Å². The minimum Gasteiger partial charge on any atom is -0.381 e. The average molecular weight is 213 g/mol. The number of rotatable bonds is 3. The van der Waals surface area contributed by atoms with Crippen LogP contribution in [0.3, 0.4) is 0 Å². The second-order valence-corrected chi connectivity index (χ2v) is 4.43. The summed E-state index contributed by atoms with van der Waals surface area (Å²) in [6, 6.07) is 0. The Morgan fingerprint density at radius 3 is 2.67 bits per heavy atom. The van der Waals surface area contributed by atoms with E-state index in [2.05, 4.69) is 5.32 Å². The number of carbonyl (C=O) groups is 2. The summed E-state index contributed by atoms with van der Waals surface area (Å²) in [6.45, 7) is 5.82. The third-order valence-corrected chi connectivity index (χ3v) is 3.61. The molecule has 3 unspecified atom stereocenters. The number of imide groups is 1. The first-order valence-corrected chi connectivity index (χ1v) is 5.32. The van der Waals surface area contributed by atoms with E-state index in [4.69, 9.17) is 4.74 Å². The van der Waals surface area contributed by atoms with Crippen LogP contribution in [0.15, 0.2) is 0 Å². The van der Waals surface area contributed by atoms with Gasteiger partial charge in [-0.2, -0.15) is 0 Å². The molecule has 1 aliphatic heterocycles. The van der Waals surface area contributed by atoms with E-state index in [1.54, 1.807) is 7.11 Å². The first kappa shape index (κ1) is 12.2. The van der Waals surface area contributed by atoms with Crippen LogP contribution in [0.4, 0.5) is 0 Å². The second-order valence-electron chi connectivity index (χ2n) is 4.43. The minimum absolute atomic E-state index is 0.0996. The summed E-state index contributed by atoms with van der Waals surface area (Å²) in [4.78, 5) is 23.1. The van der Waals surface area contributed by atoms with Crippen molar-refractivity contribution in [2.45, 2.75) is 39.7 Å². The van der Waals surface area contributed by atoms with E-state index in [-0.39, 0.29) is 29.3 Å². The van der Waals surface area contributed by atoms with Gasteiger partial charge in [0.25, 0.3) is 0 Å². The zero-order chi connectivity index (χ0) is 11.6. The van der Waals surface area contributed by atoms with E-state index < -0.39 is 0 Å². The molecular formula is C11H19NO3. The summed E-state index contributed by atoms with van der Waals surface area (Å²) >= 11 is 0. The Balaban J connectivity index is 2.99. The normalized spacial score (nSPS) is 33.7. The summed E-state index contributed by atoms with van der Waals surface area (Å²) in [6.07, 6.45) is 0.979. The van der Waals surface area contributed by atoms with Crippen molar-refractivity contribution in [3.05, 3.63) is 0 Å². The number of nitrogens with one attached hydrogen (secondary N) is 1. The van der Waals surface area contributed by atoms with Crippen molar-refractivity contribution >= 4 is 11.8 Å². The van der Waals surface area contributed by atoms with Gasteiger partial charge in [-0.25, -0.2) is 0 Å². The molecule has 0 spiro atoms. The van der Waals surface area contributed by atoms with Crippen molar-refractivity contribution in [3.8, 4) is 0 Å². The molecule has 86 valence electrons. The molecule has 15 heavy (non-hydrogen) atoms. The van der Waals surface area contributed by atoms with Gasteiger partial charge in [-0.15, -0.1) is 0 Å². The molecule has 0 saturated carbocycles. The Kier molecular flexibility index (Phi) is 3.50. The van der Waals surface area contributed by atoms with Crippen molar-refractivity contribution in [3.63, 3.8) is 0 Å². The Hall–Kier alpha value is -0.900. The van der Waals surface area contributed by atoms with Crippen LogP contribution in [0.25, 0.3) is 0 Å². The number of ether oxygens (including phenoxy) is 1. The first-order valence-electron chi connectivity index (χ1n) is 5.32. The fourth-order valence-electron chi connectivity index (χ4n) is 2.39. The predicted octanol–water partition coefficient (Wildman–Crippen LogP) is 1.10. The molecular weight excluding hydrogens is 194 g/mol. The molecule has 4 heteroatoms. The van der Waals surface area contributed by atoms with Gasteiger partial charge in [-0.3, -0.25) is 14.9 Å². The van der Waals surface area contributed by atoms with Gasteiger partial charge in [0.05, 0.1) is 6.10 Å². The monoisotopic (exact) mass is 213 g/mol. The van der Waals surface area contributed by atoms with Gasteiger partial charge in [0.2, 0.25) is 11.8 Å². The summed E-state index contributed by atoms with van der Waals surface area (Å²) in [5.41, 5.74) is -0.386. The number of amides is 2. The van der Waals surface area contributed by atoms with Gasteiger partial charge >= 0.3 is 0 Å². The first-order chi connectivity index (χ1) is 6.95. The Labute approximate surface area is 90.4 Å². The van der Waals surface area contributed by atoms with E-state index in [9.17, 15) is 9.59 Å². The summed E-state index contributed by atoms with van der Waals surface area (Å²) in [5, 5.41) is 2.38. The van der Waals surface area contributed by atoms with Crippen LogP contribution in [-0.2, 0) is 14.3 Å². The topological polar surface area (TPSA) is 55.4 Å². The van der Waals surface area contributed by atoms with Crippen molar-refractivity contribution < 1.29 is 14.3 Å². The van der Waals surface area contributed by atoms with Crippen molar-refractivity contribution in [2.24, 2.45) is 11.3 Å². The maximum absolute atomic E-state index is 11.7. The highest BCUT2D eigenvalue weighted by atomic mass is 16.5. The molecule has 0 bridgehead atoms. The molecule has 3 atom stereocenters. The summed E-state index contributed by atoms with van der Waals surface area (Å²) in [7, 11) is 1.61. The van der Waals surface area contributed by atoms with Crippen LogP contribution < -0.4 is 5.32 Å². The van der Waals surface area contributed by atoms with Crippen LogP contribution in [0.2, 0.25) is 0 Å². The van der Waals surface area contributed by atoms with Crippen LogP contribution in [0, 0.1) is 11.3 Å². The molecule has 0 aromatic rings. The van der Waals surface area contributed by atoms with Gasteiger partial charge < -0.3 is 4.74 Å². The zero-order valence-electron chi connectivity index (χ0n) is 9.79. The van der Waals surface area contributed by atoms with Gasteiger partial charge in [-0.1, -0.05) is 13.8 Å². The highest BCUT2D eigenvalue weighted by Crippen LogP contribution is 2.40. The standard InChI is InChI=1S/C11H19NO3/c1-5-8-10(14)12-9(13)6-11(8,3)7(2)15-4/h7-8H,5-6H2,1-4H3,(H,12,13,14). The van der Waals surface area contributed by atoms with E-state index >= 15 is 0 Å². The van der Waals surface area contributed by atoms with Crippen LogP contribution in [0.5, 0.6) is 0 Å². The van der Waals surface area contributed by atoms with Gasteiger partial charge in [0.15, 0.2) is 0 Å². The number of methoxy groups -OCH3 is 1. The van der Waals surface area contributed by atoms with Gasteiger partial charge in [0, 0.05) is 24.9 Å². The Bertz CT molecular complexity index is 277. The molecule has 1 fully saturated rings. The highest BCUT2D eigenvalue weighted by molar-refractivity contribution is 5.99. The van der Waals surface area contributed by atoms with Gasteiger partial charge in [0.1, 0.15) is 0 Å². The van der Waals surface area contributed by atoms with Crippen LogP contribution >= 0.6 is 0 Å². The fourth-order valence-corrected chi connectivity index (χ4v) is 2.39. The van der Waals surface area contributed by atoms with E-state index in [0.29, 0.717) is 6.42 Å². The molecule has 0 aliphatic carbocycles. The third-order valence-electron chi connectivity index (χ3n) is 3.61. The van der Waals surface area contributed by atoms with Crippen LogP contribution in [-0.4, -0.2) is 25.0 Å². The molecule has 2 amide bonds. The van der Waals surface area contributed by atoms with E-state index in [1.807, 2.05) is 20.8 Å². The minimum atomic E-state index is -0.386. The summed E-state index contributed by atoms with van der Waals surface area (Å²) < 4.78 is 5.29. The number of carbonyl (C=O) groups excluding carboxylic acids is 2. The quantitative estimate of drug-likeness (QED) is 0.714. The van der Waals surface area contributed by atoms with E-state index in [0.717, 1.165) is 6.42 Å². The lowest BCUT2D eigenvalue weighted by atomic mass is 9.67. The fraction of sp³-hybridized carbons (Fsp3) is 0.818. The molecule has 1 aliphatic rings. The number of hydrogen-bond acceptors (Lipinski definition) is 3. The molecule has 0 aromatic carbocycles. The number of piperidine rings is 1. The lowest BCUT2D eigenvalue weighted by Gasteiger charge is -2.42. The third kappa shape index (κ3) is 2.04. The van der Waals surface area contributed by atoms with Crippen molar-refractivity contribution in [1.29, 1.82) is 0 Å². The zero-order valence-corrected chi connectivity index (χ0v) is 9.79. The Morgan fingerprint density at radius 1 is 1.60 bits per heavy atom. The van der Waals surface area contributed by atoms with Crippen molar-refractivity contribution in [1.82, 2.24) is 5.32 Å². The van der Waals surface area contributed by atoms with Crippen LogP contribution in [0.1, 0.15) is 33.6 Å². The lowest BCUT2D eigenvalue weighted by molar-refractivity contribution is -0.150. The second kappa shape index (κ2) is 4.31. The van der Waals surface area contributed by atoms with E-state index in [1.165, 1.54) is 0 Å². The molecule has 0 radical (unpaired) electrons. The van der Waals surface area contributed by atoms with Gasteiger partial charge in [-0.05, 0) is 13.3 Å². The SMILES string of the molecule is CCC1C(=O)NC(=O)CC1(C)C(C)OC. The highest BCUT2D eigenvalue weighted by Gasteiger charge is 2.47. The lowest BCUT2D eigenvalue weighted by Crippen LogP contribution is -2.55. The Morgan fingerprint density at radius 2 is 2.20 bits per heavy atom. The largest absolute Gasteiger partial charge is 0.381 e. The number of hydrogen-bond donors (Lipinski definition) is 1. The molecule has 1 saturated heterocycles. The molecule has 0 aromatic heterocycles.